The first kappa shape index (κ1) is 15.6. The zero-order valence-corrected chi connectivity index (χ0v) is 13.2. The molecule has 1 aliphatic heterocycles. The summed E-state index contributed by atoms with van der Waals surface area (Å²) in [4.78, 5) is 2.20. The molecule has 1 aromatic rings. The van der Waals surface area contributed by atoms with Crippen LogP contribution in [0.5, 0.6) is 0 Å². The molecular formula is C13H20ClN3O2S. The van der Waals surface area contributed by atoms with E-state index in [2.05, 4.69) is 16.5 Å². The van der Waals surface area contributed by atoms with Gasteiger partial charge in [-0.25, -0.2) is 13.1 Å². The van der Waals surface area contributed by atoms with Crippen molar-refractivity contribution in [1.82, 2.24) is 9.62 Å². The molecule has 1 saturated heterocycles. The molecule has 0 amide bonds. The lowest BCUT2D eigenvalue weighted by atomic mass is 10.0. The van der Waals surface area contributed by atoms with Gasteiger partial charge in [0.15, 0.2) is 0 Å². The number of nitrogens with zero attached hydrogens (tertiary/aromatic N) is 1. The summed E-state index contributed by atoms with van der Waals surface area (Å²) in [5.74, 6) is 0. The number of halogens is 1. The summed E-state index contributed by atoms with van der Waals surface area (Å²) in [6.45, 7) is 2.96. The van der Waals surface area contributed by atoms with Crippen molar-refractivity contribution in [2.45, 2.75) is 36.7 Å². The van der Waals surface area contributed by atoms with Gasteiger partial charge in [-0.1, -0.05) is 17.7 Å². The standard InChI is InChI=1S/C13H20ClN3O2S/c1-9-8-10(6-7-17(9)2)16-20(18,19)13-11(14)4-3-5-12(13)15/h3-5,9-10,16H,6-8,15H2,1-2H3. The molecule has 2 unspecified atom stereocenters. The summed E-state index contributed by atoms with van der Waals surface area (Å²) in [6.07, 6.45) is 1.56. The van der Waals surface area contributed by atoms with Crippen molar-refractivity contribution in [3.63, 3.8) is 0 Å². The summed E-state index contributed by atoms with van der Waals surface area (Å²) in [5, 5.41) is 0.151. The van der Waals surface area contributed by atoms with Gasteiger partial charge in [-0.2, -0.15) is 0 Å². The van der Waals surface area contributed by atoms with E-state index in [0.29, 0.717) is 6.04 Å². The Kier molecular flexibility index (Phi) is 4.59. The molecule has 3 N–H and O–H groups in total. The van der Waals surface area contributed by atoms with E-state index in [1.807, 2.05) is 7.05 Å². The van der Waals surface area contributed by atoms with Crippen molar-refractivity contribution < 1.29 is 8.42 Å². The van der Waals surface area contributed by atoms with Gasteiger partial charge in [0.1, 0.15) is 4.90 Å². The highest BCUT2D eigenvalue weighted by Gasteiger charge is 2.29. The van der Waals surface area contributed by atoms with E-state index >= 15 is 0 Å². The maximum absolute atomic E-state index is 12.4. The smallest absolute Gasteiger partial charge is 0.244 e. The number of hydrogen-bond acceptors (Lipinski definition) is 4. The highest BCUT2D eigenvalue weighted by atomic mass is 35.5. The monoisotopic (exact) mass is 317 g/mol. The van der Waals surface area contributed by atoms with Crippen LogP contribution in [0.25, 0.3) is 0 Å². The number of nitrogens with two attached hydrogens (primary N) is 1. The zero-order valence-electron chi connectivity index (χ0n) is 11.6. The van der Waals surface area contributed by atoms with E-state index in [4.69, 9.17) is 17.3 Å². The third-order valence-corrected chi connectivity index (χ3v) is 5.86. The molecule has 0 bridgehead atoms. The maximum atomic E-state index is 12.4. The van der Waals surface area contributed by atoms with E-state index in [0.717, 1.165) is 19.4 Å². The number of benzene rings is 1. The molecule has 2 atom stereocenters. The second-order valence-electron chi connectivity index (χ2n) is 5.33. The van der Waals surface area contributed by atoms with E-state index in [1.54, 1.807) is 6.07 Å². The number of rotatable bonds is 3. The number of piperidine rings is 1. The normalized spacial score (nSPS) is 24.8. The Labute approximate surface area is 125 Å². The van der Waals surface area contributed by atoms with Gasteiger partial charge in [0.2, 0.25) is 10.0 Å². The Balaban J connectivity index is 2.20. The van der Waals surface area contributed by atoms with Crippen LogP contribution in [0.2, 0.25) is 5.02 Å². The second kappa shape index (κ2) is 5.89. The lowest BCUT2D eigenvalue weighted by molar-refractivity contribution is 0.178. The van der Waals surface area contributed by atoms with E-state index in [9.17, 15) is 8.42 Å². The molecule has 112 valence electrons. The fourth-order valence-corrected chi connectivity index (χ4v) is 4.44. The van der Waals surface area contributed by atoms with Gasteiger partial charge in [0.25, 0.3) is 0 Å². The van der Waals surface area contributed by atoms with Crippen molar-refractivity contribution in [3.8, 4) is 0 Å². The summed E-state index contributed by atoms with van der Waals surface area (Å²) in [5.41, 5.74) is 5.92. The zero-order chi connectivity index (χ0) is 14.9. The first-order valence-electron chi connectivity index (χ1n) is 6.58. The predicted octanol–water partition coefficient (Wildman–Crippen LogP) is 1.68. The highest BCUT2D eigenvalue weighted by molar-refractivity contribution is 7.89. The molecule has 0 aromatic heterocycles. The van der Waals surface area contributed by atoms with Gasteiger partial charge in [0.05, 0.1) is 10.7 Å². The highest BCUT2D eigenvalue weighted by Crippen LogP contribution is 2.28. The molecule has 5 nitrogen and oxygen atoms in total. The van der Waals surface area contributed by atoms with Crippen molar-refractivity contribution in [2.24, 2.45) is 0 Å². The second-order valence-corrected chi connectivity index (χ2v) is 7.39. The van der Waals surface area contributed by atoms with Crippen LogP contribution in [0, 0.1) is 0 Å². The van der Waals surface area contributed by atoms with Gasteiger partial charge in [-0.3, -0.25) is 0 Å². The molecular weight excluding hydrogens is 298 g/mol. The minimum atomic E-state index is -3.69. The van der Waals surface area contributed by atoms with Crippen LogP contribution in [-0.2, 0) is 10.0 Å². The van der Waals surface area contributed by atoms with Gasteiger partial charge < -0.3 is 10.6 Å². The Morgan fingerprint density at radius 2 is 2.15 bits per heavy atom. The molecule has 0 radical (unpaired) electrons. The van der Waals surface area contributed by atoms with Crippen LogP contribution >= 0.6 is 11.6 Å². The largest absolute Gasteiger partial charge is 0.398 e. The summed E-state index contributed by atoms with van der Waals surface area (Å²) >= 11 is 5.98. The van der Waals surface area contributed by atoms with Crippen LogP contribution < -0.4 is 10.5 Å². The molecule has 7 heteroatoms. The first-order chi connectivity index (χ1) is 9.31. The van der Waals surface area contributed by atoms with E-state index < -0.39 is 10.0 Å². The van der Waals surface area contributed by atoms with Crippen LogP contribution in [-0.4, -0.2) is 39.0 Å². The molecule has 1 fully saturated rings. The topological polar surface area (TPSA) is 75.4 Å². The molecule has 0 aliphatic carbocycles. The first-order valence-corrected chi connectivity index (χ1v) is 8.44. The minimum absolute atomic E-state index is 0.0201. The SMILES string of the molecule is CC1CC(NS(=O)(=O)c2c(N)cccc2Cl)CCN1C. The fraction of sp³-hybridized carbons (Fsp3) is 0.538. The number of anilines is 1. The molecule has 1 heterocycles. The maximum Gasteiger partial charge on any atom is 0.244 e. The molecule has 0 spiro atoms. The van der Waals surface area contributed by atoms with Gasteiger partial charge in [-0.15, -0.1) is 0 Å². The quantitative estimate of drug-likeness (QED) is 0.832. The van der Waals surface area contributed by atoms with Crippen LogP contribution in [0.4, 0.5) is 5.69 Å². The Morgan fingerprint density at radius 3 is 2.75 bits per heavy atom. The predicted molar refractivity (Wildman–Crippen MR) is 81.3 cm³/mol. The average Bonchev–Trinajstić information content (AvgIpc) is 2.33. The Bertz CT molecular complexity index is 571. The Morgan fingerprint density at radius 1 is 1.45 bits per heavy atom. The van der Waals surface area contributed by atoms with Crippen molar-refractivity contribution in [1.29, 1.82) is 0 Å². The summed E-state index contributed by atoms with van der Waals surface area (Å²) in [7, 11) is -1.64. The van der Waals surface area contributed by atoms with Crippen molar-refractivity contribution in [2.75, 3.05) is 19.3 Å². The van der Waals surface area contributed by atoms with Crippen LogP contribution in [0.3, 0.4) is 0 Å². The van der Waals surface area contributed by atoms with E-state index in [-0.39, 0.29) is 21.6 Å². The lowest BCUT2D eigenvalue weighted by Gasteiger charge is -2.35. The summed E-state index contributed by atoms with van der Waals surface area (Å²) < 4.78 is 27.6. The third-order valence-electron chi connectivity index (χ3n) is 3.80. The third kappa shape index (κ3) is 3.25. The fourth-order valence-electron chi connectivity index (χ4n) is 2.48. The Hall–Kier alpha value is -0.820. The number of nitrogens with one attached hydrogen (secondary N) is 1. The number of hydrogen-bond donors (Lipinski definition) is 2. The molecule has 1 aliphatic rings. The molecule has 20 heavy (non-hydrogen) atoms. The average molecular weight is 318 g/mol. The van der Waals surface area contributed by atoms with Crippen LogP contribution in [0.15, 0.2) is 23.1 Å². The number of likely N-dealkylation sites (tertiary alicyclic amines) is 1. The van der Waals surface area contributed by atoms with Crippen LogP contribution in [0.1, 0.15) is 19.8 Å². The molecule has 1 aromatic carbocycles. The molecule has 0 saturated carbocycles. The van der Waals surface area contributed by atoms with Gasteiger partial charge >= 0.3 is 0 Å². The van der Waals surface area contributed by atoms with Gasteiger partial charge in [0, 0.05) is 12.1 Å². The van der Waals surface area contributed by atoms with E-state index in [1.165, 1.54) is 12.1 Å². The summed E-state index contributed by atoms with van der Waals surface area (Å²) in [6, 6.07) is 4.97. The van der Waals surface area contributed by atoms with Crippen molar-refractivity contribution >= 4 is 27.3 Å². The van der Waals surface area contributed by atoms with Crippen molar-refractivity contribution in [3.05, 3.63) is 23.2 Å². The van der Waals surface area contributed by atoms with Gasteiger partial charge in [-0.05, 0) is 45.5 Å². The number of nitrogen functional groups attached to an aromatic ring is 1. The lowest BCUT2D eigenvalue weighted by Crippen LogP contribution is -2.47. The number of sulfonamides is 1. The minimum Gasteiger partial charge on any atom is -0.398 e. The molecule has 2 rings (SSSR count).